The molecule has 0 saturated heterocycles. The molecule has 0 atom stereocenters. The van der Waals surface area contributed by atoms with Gasteiger partial charge in [-0.3, -0.25) is 4.79 Å². The van der Waals surface area contributed by atoms with Crippen LogP contribution in [-0.2, 0) is 13.1 Å². The number of carbonyl (C=O) groups excluding carboxylic acids is 1. The Balaban J connectivity index is 0.00000182. The Labute approximate surface area is 155 Å². The Morgan fingerprint density at radius 3 is 2.88 bits per heavy atom. The second-order valence-corrected chi connectivity index (χ2v) is 6.72. The smallest absolute Gasteiger partial charge is 0.255 e. The molecular weight excluding hydrogens is 358 g/mol. The van der Waals surface area contributed by atoms with Gasteiger partial charge < -0.3 is 9.47 Å². The number of carbonyl (C=O) groups is 1. The van der Waals surface area contributed by atoms with E-state index in [4.69, 9.17) is 11.6 Å². The standard InChI is InChI=1S/C16H14ClN5OS.CH4/c1-10-3-2-4-11(14(10)17)16(23)21-5-6-22-13(7-21)19-20-15(22)12-8-24-9-18-12;/h2-4,8-9H,5-7H2,1H3;1H4. The van der Waals surface area contributed by atoms with Crippen LogP contribution >= 0.6 is 22.9 Å². The van der Waals surface area contributed by atoms with Gasteiger partial charge in [0.1, 0.15) is 5.69 Å². The lowest BCUT2D eigenvalue weighted by Crippen LogP contribution is -2.38. The Bertz CT molecular complexity index is 906. The van der Waals surface area contributed by atoms with E-state index in [0.717, 1.165) is 22.9 Å². The van der Waals surface area contributed by atoms with Crippen molar-refractivity contribution in [3.63, 3.8) is 0 Å². The van der Waals surface area contributed by atoms with E-state index in [0.29, 0.717) is 30.2 Å². The van der Waals surface area contributed by atoms with Crippen LogP contribution in [0.1, 0.15) is 29.2 Å². The lowest BCUT2D eigenvalue weighted by molar-refractivity contribution is 0.0708. The van der Waals surface area contributed by atoms with Gasteiger partial charge in [0.25, 0.3) is 5.91 Å². The molecule has 0 aliphatic carbocycles. The van der Waals surface area contributed by atoms with Crippen molar-refractivity contribution >= 4 is 28.8 Å². The lowest BCUT2D eigenvalue weighted by atomic mass is 10.1. The summed E-state index contributed by atoms with van der Waals surface area (Å²) >= 11 is 7.81. The summed E-state index contributed by atoms with van der Waals surface area (Å²) in [7, 11) is 0. The molecule has 0 unspecified atom stereocenters. The summed E-state index contributed by atoms with van der Waals surface area (Å²) in [5.41, 5.74) is 4.02. The maximum absolute atomic E-state index is 12.8. The van der Waals surface area contributed by atoms with Crippen LogP contribution in [0.2, 0.25) is 5.02 Å². The number of amides is 1. The third kappa shape index (κ3) is 3.05. The molecule has 0 spiro atoms. The van der Waals surface area contributed by atoms with Crippen molar-refractivity contribution < 1.29 is 4.79 Å². The number of fused-ring (bicyclic) bond motifs is 1. The van der Waals surface area contributed by atoms with Gasteiger partial charge in [0.15, 0.2) is 11.6 Å². The van der Waals surface area contributed by atoms with Gasteiger partial charge in [0.2, 0.25) is 0 Å². The minimum atomic E-state index is -0.0758. The fourth-order valence-electron chi connectivity index (χ4n) is 2.83. The highest BCUT2D eigenvalue weighted by Gasteiger charge is 2.27. The van der Waals surface area contributed by atoms with Crippen LogP contribution in [0.4, 0.5) is 0 Å². The van der Waals surface area contributed by atoms with Crippen LogP contribution < -0.4 is 0 Å². The first-order valence-corrected chi connectivity index (χ1v) is 8.82. The fraction of sp³-hybridized carbons (Fsp3) is 0.294. The lowest BCUT2D eigenvalue weighted by Gasteiger charge is -2.28. The average molecular weight is 376 g/mol. The highest BCUT2D eigenvalue weighted by Crippen LogP contribution is 2.25. The summed E-state index contributed by atoms with van der Waals surface area (Å²) in [5, 5.41) is 10.9. The molecule has 1 amide bonds. The molecule has 0 bridgehead atoms. The van der Waals surface area contributed by atoms with Gasteiger partial charge in [-0.25, -0.2) is 4.98 Å². The zero-order valence-corrected chi connectivity index (χ0v) is 14.5. The molecule has 8 heteroatoms. The molecule has 6 nitrogen and oxygen atoms in total. The molecule has 25 heavy (non-hydrogen) atoms. The third-order valence-electron chi connectivity index (χ3n) is 4.12. The SMILES string of the molecule is C.Cc1cccc(C(=O)N2CCn3c(nnc3-c3cscn3)C2)c1Cl. The number of aromatic nitrogens is 4. The van der Waals surface area contributed by atoms with Crippen LogP contribution in [0.3, 0.4) is 0 Å². The van der Waals surface area contributed by atoms with Crippen molar-refractivity contribution in [2.45, 2.75) is 27.4 Å². The number of hydrogen-bond donors (Lipinski definition) is 0. The van der Waals surface area contributed by atoms with Crippen molar-refractivity contribution in [1.82, 2.24) is 24.6 Å². The molecule has 0 saturated carbocycles. The number of benzene rings is 1. The third-order valence-corrected chi connectivity index (χ3v) is 5.21. The molecule has 0 N–H and O–H groups in total. The summed E-state index contributed by atoms with van der Waals surface area (Å²) in [6, 6.07) is 5.50. The predicted octanol–water partition coefficient (Wildman–Crippen LogP) is 3.66. The van der Waals surface area contributed by atoms with E-state index >= 15 is 0 Å². The van der Waals surface area contributed by atoms with Crippen molar-refractivity contribution in [1.29, 1.82) is 0 Å². The van der Waals surface area contributed by atoms with Crippen LogP contribution in [-0.4, -0.2) is 37.1 Å². The number of hydrogen-bond acceptors (Lipinski definition) is 5. The minimum absolute atomic E-state index is 0. The normalized spacial score (nSPS) is 13.3. The van der Waals surface area contributed by atoms with Crippen molar-refractivity contribution in [2.24, 2.45) is 0 Å². The Hall–Kier alpha value is -2.25. The topological polar surface area (TPSA) is 63.9 Å². The summed E-state index contributed by atoms with van der Waals surface area (Å²) < 4.78 is 2.02. The summed E-state index contributed by atoms with van der Waals surface area (Å²) in [5.74, 6) is 1.45. The minimum Gasteiger partial charge on any atom is -0.329 e. The first kappa shape index (κ1) is 17.6. The highest BCUT2D eigenvalue weighted by molar-refractivity contribution is 7.07. The van der Waals surface area contributed by atoms with Gasteiger partial charge in [-0.1, -0.05) is 31.2 Å². The molecule has 1 aromatic carbocycles. The number of halogens is 1. The first-order valence-electron chi connectivity index (χ1n) is 7.50. The second kappa shape index (κ2) is 6.93. The Morgan fingerprint density at radius 2 is 2.12 bits per heavy atom. The fourth-order valence-corrected chi connectivity index (χ4v) is 3.56. The van der Waals surface area contributed by atoms with Crippen LogP contribution in [0.25, 0.3) is 11.5 Å². The Kier molecular flexibility index (Phi) is 4.87. The van der Waals surface area contributed by atoms with E-state index in [9.17, 15) is 4.79 Å². The molecule has 0 fully saturated rings. The molecule has 1 aliphatic rings. The van der Waals surface area contributed by atoms with Crippen LogP contribution in [0.15, 0.2) is 29.1 Å². The molecule has 0 radical (unpaired) electrons. The van der Waals surface area contributed by atoms with Gasteiger partial charge in [-0.2, -0.15) is 0 Å². The van der Waals surface area contributed by atoms with E-state index in [1.807, 2.05) is 29.0 Å². The van der Waals surface area contributed by atoms with Gasteiger partial charge in [0.05, 0.1) is 22.6 Å². The van der Waals surface area contributed by atoms with Crippen molar-refractivity contribution in [3.05, 3.63) is 51.1 Å². The number of nitrogens with zero attached hydrogens (tertiary/aromatic N) is 5. The molecule has 3 heterocycles. The molecular formula is C17H18ClN5OS. The van der Waals surface area contributed by atoms with Crippen LogP contribution in [0.5, 0.6) is 0 Å². The Morgan fingerprint density at radius 1 is 1.28 bits per heavy atom. The van der Waals surface area contributed by atoms with Crippen molar-refractivity contribution in [2.75, 3.05) is 6.54 Å². The molecule has 130 valence electrons. The monoisotopic (exact) mass is 375 g/mol. The zero-order valence-electron chi connectivity index (χ0n) is 12.9. The van der Waals surface area contributed by atoms with Gasteiger partial charge in [0, 0.05) is 18.5 Å². The molecule has 4 rings (SSSR count). The maximum atomic E-state index is 12.8. The largest absolute Gasteiger partial charge is 0.329 e. The van der Waals surface area contributed by atoms with E-state index < -0.39 is 0 Å². The van der Waals surface area contributed by atoms with E-state index in [-0.39, 0.29) is 13.3 Å². The van der Waals surface area contributed by atoms with E-state index in [2.05, 4.69) is 15.2 Å². The first-order chi connectivity index (χ1) is 11.6. The van der Waals surface area contributed by atoms with Crippen molar-refractivity contribution in [3.8, 4) is 11.5 Å². The maximum Gasteiger partial charge on any atom is 0.255 e. The highest BCUT2D eigenvalue weighted by atomic mass is 35.5. The average Bonchev–Trinajstić information content (AvgIpc) is 3.25. The molecule has 1 aliphatic heterocycles. The summed E-state index contributed by atoms with van der Waals surface area (Å²) in [6.07, 6.45) is 0. The van der Waals surface area contributed by atoms with Gasteiger partial charge >= 0.3 is 0 Å². The molecule has 3 aromatic rings. The van der Waals surface area contributed by atoms with Gasteiger partial charge in [-0.15, -0.1) is 21.5 Å². The zero-order chi connectivity index (χ0) is 16.7. The summed E-state index contributed by atoms with van der Waals surface area (Å²) in [4.78, 5) is 18.8. The van der Waals surface area contributed by atoms with E-state index in [1.165, 1.54) is 11.3 Å². The number of thiazole rings is 1. The predicted molar refractivity (Wildman–Crippen MR) is 98.8 cm³/mol. The quantitative estimate of drug-likeness (QED) is 0.685. The molecule has 2 aromatic heterocycles. The number of rotatable bonds is 2. The summed E-state index contributed by atoms with van der Waals surface area (Å²) in [6.45, 7) is 3.54. The van der Waals surface area contributed by atoms with Gasteiger partial charge in [-0.05, 0) is 18.6 Å². The van der Waals surface area contributed by atoms with E-state index in [1.54, 1.807) is 16.5 Å². The van der Waals surface area contributed by atoms with Crippen LogP contribution in [0, 0.1) is 6.92 Å². The second-order valence-electron chi connectivity index (χ2n) is 5.63. The number of aryl methyl sites for hydroxylation is 1.